The van der Waals surface area contributed by atoms with Gasteiger partial charge < -0.3 is 15.2 Å². The molecule has 0 aliphatic carbocycles. The van der Waals surface area contributed by atoms with Gasteiger partial charge in [-0.05, 0) is 41.5 Å². The summed E-state index contributed by atoms with van der Waals surface area (Å²) >= 11 is 0. The Morgan fingerprint density at radius 1 is 1.30 bits per heavy atom. The van der Waals surface area contributed by atoms with E-state index in [2.05, 4.69) is 36.1 Å². The van der Waals surface area contributed by atoms with Crippen molar-refractivity contribution >= 4 is 16.7 Å². The van der Waals surface area contributed by atoms with Crippen LogP contribution in [0.5, 0.6) is 5.75 Å². The molecule has 0 aromatic heterocycles. The topological polar surface area (TPSA) is 64.8 Å². The molecule has 0 bridgehead atoms. The second-order valence-corrected chi connectivity index (χ2v) is 5.91. The number of carbonyl (C=O) groups excluding carboxylic acids is 1. The van der Waals surface area contributed by atoms with Crippen LogP contribution in [-0.4, -0.2) is 43.7 Å². The number of fused-ring (bicyclic) bond motifs is 1. The van der Waals surface area contributed by atoms with E-state index >= 15 is 0 Å². The second-order valence-electron chi connectivity index (χ2n) is 5.91. The third-order valence-electron chi connectivity index (χ3n) is 4.52. The maximum atomic E-state index is 11.4. The minimum absolute atomic E-state index is 0.201. The fourth-order valence-electron chi connectivity index (χ4n) is 3.03. The number of nitrogens with zero attached hydrogens (tertiary/aromatic N) is 1. The molecular formula is C18H22N2O3. The number of amides is 1. The van der Waals surface area contributed by atoms with Gasteiger partial charge in [0.2, 0.25) is 5.91 Å². The highest BCUT2D eigenvalue weighted by molar-refractivity contribution is 5.84. The highest BCUT2D eigenvalue weighted by atomic mass is 16.5. The number of nitrogens with two attached hydrogens (primary N) is 1. The first-order valence-electron chi connectivity index (χ1n) is 7.81. The molecule has 1 aliphatic rings. The average Bonchev–Trinajstić information content (AvgIpc) is 2.60. The average molecular weight is 314 g/mol. The van der Waals surface area contributed by atoms with Gasteiger partial charge in [-0.15, -0.1) is 0 Å². The Labute approximate surface area is 136 Å². The molecular weight excluding hydrogens is 292 g/mol. The normalized spacial score (nSPS) is 20.3. The highest BCUT2D eigenvalue weighted by Crippen LogP contribution is 2.27. The maximum absolute atomic E-state index is 11.4. The van der Waals surface area contributed by atoms with E-state index in [0.29, 0.717) is 13.2 Å². The van der Waals surface area contributed by atoms with E-state index in [1.807, 2.05) is 12.1 Å². The highest BCUT2D eigenvalue weighted by Gasteiger charge is 2.28. The molecule has 1 saturated heterocycles. The molecule has 1 aliphatic heterocycles. The summed E-state index contributed by atoms with van der Waals surface area (Å²) in [5.74, 6) is 0.461. The van der Waals surface area contributed by atoms with Crippen LogP contribution in [0.4, 0.5) is 0 Å². The van der Waals surface area contributed by atoms with E-state index in [4.69, 9.17) is 15.2 Å². The molecule has 2 atom stereocenters. The number of carbonyl (C=O) groups is 1. The number of methoxy groups -OCH3 is 1. The van der Waals surface area contributed by atoms with Crippen molar-refractivity contribution in [3.8, 4) is 5.75 Å². The number of hydrogen-bond donors (Lipinski definition) is 1. The SMILES string of the molecule is COc1ccc2cc([C@H](C)N3CCO[C@H](C(N)=O)C3)ccc2c1. The summed E-state index contributed by atoms with van der Waals surface area (Å²) in [6.07, 6.45) is -0.518. The van der Waals surface area contributed by atoms with Crippen LogP contribution in [0.3, 0.4) is 0 Å². The standard InChI is InChI=1S/C18H22N2O3/c1-12(20-7-8-23-17(11-20)18(19)21)13-3-4-15-10-16(22-2)6-5-14(15)9-13/h3-6,9-10,12,17H,7-8,11H2,1-2H3,(H2,19,21)/t12-,17-/m0/s1. The summed E-state index contributed by atoms with van der Waals surface area (Å²) in [4.78, 5) is 13.6. The molecule has 5 nitrogen and oxygen atoms in total. The summed E-state index contributed by atoms with van der Waals surface area (Å²) in [7, 11) is 1.67. The van der Waals surface area contributed by atoms with Crippen LogP contribution >= 0.6 is 0 Å². The number of hydrogen-bond acceptors (Lipinski definition) is 4. The van der Waals surface area contributed by atoms with Gasteiger partial charge >= 0.3 is 0 Å². The van der Waals surface area contributed by atoms with E-state index in [9.17, 15) is 4.79 Å². The van der Waals surface area contributed by atoms with Gasteiger partial charge in [0.25, 0.3) is 0 Å². The van der Waals surface area contributed by atoms with Gasteiger partial charge in [-0.2, -0.15) is 0 Å². The lowest BCUT2D eigenvalue weighted by atomic mass is 10.0. The molecule has 3 rings (SSSR count). The molecule has 1 heterocycles. The predicted molar refractivity (Wildman–Crippen MR) is 89.4 cm³/mol. The molecule has 0 unspecified atom stereocenters. The Hall–Kier alpha value is -2.11. The van der Waals surface area contributed by atoms with Crippen LogP contribution < -0.4 is 10.5 Å². The predicted octanol–water partition coefficient (Wildman–Crippen LogP) is 2.10. The monoisotopic (exact) mass is 314 g/mol. The van der Waals surface area contributed by atoms with Crippen LogP contribution in [0.25, 0.3) is 10.8 Å². The van der Waals surface area contributed by atoms with Gasteiger partial charge in [-0.25, -0.2) is 0 Å². The van der Waals surface area contributed by atoms with E-state index in [1.165, 1.54) is 10.9 Å². The molecule has 2 aromatic rings. The van der Waals surface area contributed by atoms with Gasteiger partial charge in [-0.3, -0.25) is 9.69 Å². The zero-order valence-corrected chi connectivity index (χ0v) is 13.5. The first-order chi connectivity index (χ1) is 11.1. The minimum Gasteiger partial charge on any atom is -0.497 e. The molecule has 2 aromatic carbocycles. The molecule has 2 N–H and O–H groups in total. The summed E-state index contributed by atoms with van der Waals surface area (Å²) in [5, 5.41) is 2.33. The lowest BCUT2D eigenvalue weighted by Gasteiger charge is -2.35. The second kappa shape index (κ2) is 6.56. The van der Waals surface area contributed by atoms with Crippen LogP contribution in [0.1, 0.15) is 18.5 Å². The Morgan fingerprint density at radius 2 is 2.04 bits per heavy atom. The van der Waals surface area contributed by atoms with Gasteiger partial charge in [-0.1, -0.05) is 18.2 Å². The third-order valence-corrected chi connectivity index (χ3v) is 4.52. The third kappa shape index (κ3) is 3.30. The van der Waals surface area contributed by atoms with Crippen LogP contribution in [0.15, 0.2) is 36.4 Å². The largest absolute Gasteiger partial charge is 0.497 e. The van der Waals surface area contributed by atoms with Crippen molar-refractivity contribution in [3.63, 3.8) is 0 Å². The van der Waals surface area contributed by atoms with Crippen molar-refractivity contribution in [1.82, 2.24) is 4.90 Å². The van der Waals surface area contributed by atoms with Crippen molar-refractivity contribution in [3.05, 3.63) is 42.0 Å². The Kier molecular flexibility index (Phi) is 4.50. The van der Waals surface area contributed by atoms with E-state index in [-0.39, 0.29) is 6.04 Å². The molecule has 23 heavy (non-hydrogen) atoms. The number of benzene rings is 2. The van der Waals surface area contributed by atoms with Gasteiger partial charge in [0.1, 0.15) is 11.9 Å². The van der Waals surface area contributed by atoms with Gasteiger partial charge in [0, 0.05) is 19.1 Å². The molecule has 0 spiro atoms. The Balaban J connectivity index is 1.82. The quantitative estimate of drug-likeness (QED) is 0.938. The van der Waals surface area contributed by atoms with Crippen LogP contribution in [0.2, 0.25) is 0 Å². The zero-order valence-electron chi connectivity index (χ0n) is 13.5. The molecule has 5 heteroatoms. The summed E-state index contributed by atoms with van der Waals surface area (Å²) in [6.45, 7) is 4.01. The Morgan fingerprint density at radius 3 is 2.78 bits per heavy atom. The van der Waals surface area contributed by atoms with Crippen molar-refractivity contribution in [2.75, 3.05) is 26.8 Å². The maximum Gasteiger partial charge on any atom is 0.247 e. The minimum atomic E-state index is -0.518. The van der Waals surface area contributed by atoms with Crippen LogP contribution in [-0.2, 0) is 9.53 Å². The zero-order chi connectivity index (χ0) is 16.4. The summed E-state index contributed by atoms with van der Waals surface area (Å²) in [5.41, 5.74) is 6.58. The van der Waals surface area contributed by atoms with Crippen LogP contribution in [0, 0.1) is 0 Å². The number of ether oxygens (including phenoxy) is 2. The molecule has 0 saturated carbocycles. The number of rotatable bonds is 4. The summed E-state index contributed by atoms with van der Waals surface area (Å²) < 4.78 is 10.7. The first-order valence-corrected chi connectivity index (χ1v) is 7.81. The number of morpholine rings is 1. The van der Waals surface area contributed by atoms with E-state index < -0.39 is 12.0 Å². The van der Waals surface area contributed by atoms with Crippen molar-refractivity contribution < 1.29 is 14.3 Å². The van der Waals surface area contributed by atoms with Crippen molar-refractivity contribution in [2.24, 2.45) is 5.73 Å². The van der Waals surface area contributed by atoms with E-state index in [0.717, 1.165) is 17.7 Å². The van der Waals surface area contributed by atoms with Gasteiger partial charge in [0.15, 0.2) is 0 Å². The van der Waals surface area contributed by atoms with Crippen molar-refractivity contribution in [2.45, 2.75) is 19.1 Å². The fraction of sp³-hybridized carbons (Fsp3) is 0.389. The van der Waals surface area contributed by atoms with E-state index in [1.54, 1.807) is 7.11 Å². The molecule has 1 fully saturated rings. The van der Waals surface area contributed by atoms with Crippen molar-refractivity contribution in [1.29, 1.82) is 0 Å². The molecule has 122 valence electrons. The fourth-order valence-corrected chi connectivity index (χ4v) is 3.03. The molecule has 1 amide bonds. The van der Waals surface area contributed by atoms with Gasteiger partial charge in [0.05, 0.1) is 13.7 Å². The molecule has 0 radical (unpaired) electrons. The smallest absolute Gasteiger partial charge is 0.247 e. The number of primary amides is 1. The first kappa shape index (κ1) is 15.8. The lowest BCUT2D eigenvalue weighted by Crippen LogP contribution is -2.49. The lowest BCUT2D eigenvalue weighted by molar-refractivity contribution is -0.136. The Bertz CT molecular complexity index is 716. The summed E-state index contributed by atoms with van der Waals surface area (Å²) in [6, 6.07) is 12.7.